The molecule has 1 amide bonds. The lowest BCUT2D eigenvalue weighted by molar-refractivity contribution is -0.120. The first-order chi connectivity index (χ1) is 13.5. The number of benzene rings is 2. The minimum absolute atomic E-state index is 0.0177. The van der Waals surface area contributed by atoms with Crippen LogP contribution in [0.4, 0.5) is 11.4 Å². The van der Waals surface area contributed by atoms with Crippen molar-refractivity contribution in [1.29, 1.82) is 0 Å². The summed E-state index contributed by atoms with van der Waals surface area (Å²) < 4.78 is 6.37. The fraction of sp³-hybridized carbons (Fsp3) is 0.409. The number of aryl methyl sites for hydroxylation is 1. The maximum Gasteiger partial charge on any atom is 0.241 e. The SMILES string of the molecule is Cc1ccc(NC(=O)[C@H](C)N(C)Cc2ccccc2N2CCOCC2)c(Br)c1. The Morgan fingerprint density at radius 3 is 2.68 bits per heavy atom. The van der Waals surface area contributed by atoms with Crippen LogP contribution in [0.5, 0.6) is 0 Å². The number of rotatable bonds is 6. The Morgan fingerprint density at radius 1 is 1.25 bits per heavy atom. The number of morpholine rings is 1. The molecule has 0 saturated carbocycles. The maximum atomic E-state index is 12.8. The van der Waals surface area contributed by atoms with Crippen molar-refractivity contribution in [3.8, 4) is 0 Å². The second-order valence-electron chi connectivity index (χ2n) is 7.29. The molecule has 0 spiro atoms. The van der Waals surface area contributed by atoms with E-state index >= 15 is 0 Å². The van der Waals surface area contributed by atoms with Crippen LogP contribution in [0.2, 0.25) is 0 Å². The monoisotopic (exact) mass is 445 g/mol. The molecular formula is C22H28BrN3O2. The lowest BCUT2D eigenvalue weighted by Crippen LogP contribution is -2.40. The highest BCUT2D eigenvalue weighted by atomic mass is 79.9. The molecule has 1 atom stereocenters. The van der Waals surface area contributed by atoms with Gasteiger partial charge in [-0.05, 0) is 66.2 Å². The molecular weight excluding hydrogens is 418 g/mol. The molecule has 2 aromatic carbocycles. The number of anilines is 2. The van der Waals surface area contributed by atoms with Gasteiger partial charge in [-0.3, -0.25) is 9.69 Å². The van der Waals surface area contributed by atoms with E-state index in [0.717, 1.165) is 42.0 Å². The predicted molar refractivity (Wildman–Crippen MR) is 118 cm³/mol. The molecule has 3 rings (SSSR count). The number of carbonyl (C=O) groups excluding carboxylic acids is 1. The number of hydrogen-bond acceptors (Lipinski definition) is 4. The Balaban J connectivity index is 1.67. The Hall–Kier alpha value is -1.89. The quantitative estimate of drug-likeness (QED) is 0.727. The van der Waals surface area contributed by atoms with Gasteiger partial charge in [-0.15, -0.1) is 0 Å². The highest BCUT2D eigenvalue weighted by molar-refractivity contribution is 9.10. The van der Waals surface area contributed by atoms with Gasteiger partial charge in [0.05, 0.1) is 24.9 Å². The second kappa shape index (κ2) is 9.54. The molecule has 1 fully saturated rings. The van der Waals surface area contributed by atoms with Crippen LogP contribution in [0, 0.1) is 6.92 Å². The van der Waals surface area contributed by atoms with Crippen molar-refractivity contribution in [3.05, 3.63) is 58.1 Å². The minimum Gasteiger partial charge on any atom is -0.378 e. The third-order valence-electron chi connectivity index (χ3n) is 5.19. The van der Waals surface area contributed by atoms with Gasteiger partial charge in [-0.25, -0.2) is 0 Å². The van der Waals surface area contributed by atoms with Crippen molar-refractivity contribution in [2.75, 3.05) is 43.6 Å². The number of nitrogens with zero attached hydrogens (tertiary/aromatic N) is 2. The number of hydrogen-bond donors (Lipinski definition) is 1. The average Bonchev–Trinajstić information content (AvgIpc) is 2.70. The first-order valence-corrected chi connectivity index (χ1v) is 10.4. The standard InChI is InChI=1S/C22H28BrN3O2/c1-16-8-9-20(19(23)14-16)24-22(27)17(2)25(3)15-18-6-4-5-7-21(18)26-10-12-28-13-11-26/h4-9,14,17H,10-13,15H2,1-3H3,(H,24,27)/t17-/m0/s1. The number of ether oxygens (including phenoxy) is 1. The number of nitrogens with one attached hydrogen (secondary N) is 1. The van der Waals surface area contributed by atoms with Crippen molar-refractivity contribution in [2.45, 2.75) is 26.4 Å². The van der Waals surface area contributed by atoms with Crippen LogP contribution in [-0.2, 0) is 16.1 Å². The molecule has 5 nitrogen and oxygen atoms in total. The van der Waals surface area contributed by atoms with E-state index < -0.39 is 0 Å². The van der Waals surface area contributed by atoms with E-state index in [1.165, 1.54) is 11.3 Å². The van der Waals surface area contributed by atoms with Gasteiger partial charge in [-0.1, -0.05) is 24.3 Å². The van der Waals surface area contributed by atoms with Gasteiger partial charge in [-0.2, -0.15) is 0 Å². The first kappa shape index (κ1) is 20.8. The summed E-state index contributed by atoms with van der Waals surface area (Å²) in [4.78, 5) is 17.2. The molecule has 0 radical (unpaired) electrons. The fourth-order valence-electron chi connectivity index (χ4n) is 3.32. The summed E-state index contributed by atoms with van der Waals surface area (Å²) in [6, 6.07) is 14.1. The highest BCUT2D eigenvalue weighted by Crippen LogP contribution is 2.25. The van der Waals surface area contributed by atoms with E-state index in [2.05, 4.69) is 55.3 Å². The van der Waals surface area contributed by atoms with Crippen molar-refractivity contribution >= 4 is 33.2 Å². The zero-order valence-electron chi connectivity index (χ0n) is 16.7. The van der Waals surface area contributed by atoms with Crippen LogP contribution in [0.1, 0.15) is 18.1 Å². The van der Waals surface area contributed by atoms with Crippen LogP contribution in [0.15, 0.2) is 46.9 Å². The third kappa shape index (κ3) is 5.13. The van der Waals surface area contributed by atoms with Crippen molar-refractivity contribution in [1.82, 2.24) is 4.90 Å². The Bertz CT molecular complexity index is 821. The van der Waals surface area contributed by atoms with Crippen LogP contribution in [-0.4, -0.2) is 50.2 Å². The molecule has 1 heterocycles. The van der Waals surface area contributed by atoms with Gasteiger partial charge >= 0.3 is 0 Å². The molecule has 6 heteroatoms. The van der Waals surface area contributed by atoms with E-state index in [0.29, 0.717) is 6.54 Å². The lowest BCUT2D eigenvalue weighted by atomic mass is 10.1. The molecule has 1 aliphatic heterocycles. The zero-order chi connectivity index (χ0) is 20.1. The first-order valence-electron chi connectivity index (χ1n) is 9.63. The predicted octanol–water partition coefficient (Wildman–Crippen LogP) is 4.05. The number of amides is 1. The normalized spacial score (nSPS) is 15.5. The average molecular weight is 446 g/mol. The van der Waals surface area contributed by atoms with E-state index in [-0.39, 0.29) is 11.9 Å². The van der Waals surface area contributed by atoms with Gasteiger partial charge in [0.1, 0.15) is 0 Å². The van der Waals surface area contributed by atoms with Crippen molar-refractivity contribution in [2.24, 2.45) is 0 Å². The minimum atomic E-state index is -0.258. The largest absolute Gasteiger partial charge is 0.378 e. The van der Waals surface area contributed by atoms with E-state index in [9.17, 15) is 4.79 Å². The summed E-state index contributed by atoms with van der Waals surface area (Å²) in [6.45, 7) is 7.99. The van der Waals surface area contributed by atoms with Gasteiger partial charge < -0.3 is 15.0 Å². The lowest BCUT2D eigenvalue weighted by Gasteiger charge is -2.32. The van der Waals surface area contributed by atoms with Crippen LogP contribution in [0.3, 0.4) is 0 Å². The summed E-state index contributed by atoms with van der Waals surface area (Å²) in [5.41, 5.74) is 4.40. The Morgan fingerprint density at radius 2 is 1.96 bits per heavy atom. The van der Waals surface area contributed by atoms with Gasteiger partial charge in [0.25, 0.3) is 0 Å². The second-order valence-corrected chi connectivity index (χ2v) is 8.15. The third-order valence-corrected chi connectivity index (χ3v) is 5.84. The van der Waals surface area contributed by atoms with Crippen LogP contribution >= 0.6 is 15.9 Å². The Kier molecular flexibility index (Phi) is 7.10. The zero-order valence-corrected chi connectivity index (χ0v) is 18.3. The fourth-order valence-corrected chi connectivity index (χ4v) is 3.91. The molecule has 1 N–H and O–H groups in total. The molecule has 2 aromatic rings. The van der Waals surface area contributed by atoms with E-state index in [1.807, 2.05) is 39.1 Å². The van der Waals surface area contributed by atoms with E-state index in [1.54, 1.807) is 0 Å². The number of carbonyl (C=O) groups is 1. The number of likely N-dealkylation sites (N-methyl/N-ethyl adjacent to an activating group) is 1. The molecule has 1 aliphatic rings. The molecule has 28 heavy (non-hydrogen) atoms. The van der Waals surface area contributed by atoms with Crippen LogP contribution < -0.4 is 10.2 Å². The summed E-state index contributed by atoms with van der Waals surface area (Å²) in [5, 5.41) is 3.03. The number of para-hydroxylation sites is 1. The maximum absolute atomic E-state index is 12.8. The molecule has 1 saturated heterocycles. The molecule has 0 aromatic heterocycles. The highest BCUT2D eigenvalue weighted by Gasteiger charge is 2.21. The van der Waals surface area contributed by atoms with Gasteiger partial charge in [0.2, 0.25) is 5.91 Å². The summed E-state index contributed by atoms with van der Waals surface area (Å²) in [5.74, 6) is -0.0177. The molecule has 0 bridgehead atoms. The summed E-state index contributed by atoms with van der Waals surface area (Å²) in [6.07, 6.45) is 0. The van der Waals surface area contributed by atoms with Crippen LogP contribution in [0.25, 0.3) is 0 Å². The topological polar surface area (TPSA) is 44.8 Å². The molecule has 0 unspecified atom stereocenters. The van der Waals surface area contributed by atoms with Crippen molar-refractivity contribution in [3.63, 3.8) is 0 Å². The summed E-state index contributed by atoms with van der Waals surface area (Å²) >= 11 is 3.53. The van der Waals surface area contributed by atoms with E-state index in [4.69, 9.17) is 4.74 Å². The smallest absolute Gasteiger partial charge is 0.241 e. The number of halogens is 1. The molecule has 0 aliphatic carbocycles. The van der Waals surface area contributed by atoms with Gasteiger partial charge in [0.15, 0.2) is 0 Å². The molecule has 150 valence electrons. The Labute approximate surface area is 175 Å². The van der Waals surface area contributed by atoms with Crippen molar-refractivity contribution < 1.29 is 9.53 Å². The summed E-state index contributed by atoms with van der Waals surface area (Å²) in [7, 11) is 1.99. The van der Waals surface area contributed by atoms with Gasteiger partial charge in [0, 0.05) is 29.8 Å².